The van der Waals surface area contributed by atoms with Crippen LogP contribution < -0.4 is 16.0 Å². The molecular formula is C17H23N3O2. The molecule has 1 aliphatic carbocycles. The minimum atomic E-state index is -0.788. The molecular weight excluding hydrogens is 278 g/mol. The predicted molar refractivity (Wildman–Crippen MR) is 85.3 cm³/mol. The van der Waals surface area contributed by atoms with Crippen molar-refractivity contribution in [3.63, 3.8) is 0 Å². The highest BCUT2D eigenvalue weighted by Crippen LogP contribution is 2.29. The molecule has 2 amide bonds. The first kappa shape index (κ1) is 15.0. The molecule has 22 heavy (non-hydrogen) atoms. The van der Waals surface area contributed by atoms with Crippen molar-refractivity contribution in [2.75, 3.05) is 4.90 Å². The minimum Gasteiger partial charge on any atom is -0.343 e. The number of nitrogens with zero attached hydrogens (tertiary/aromatic N) is 1. The zero-order chi connectivity index (χ0) is 15.7. The molecule has 1 aromatic rings. The van der Waals surface area contributed by atoms with Gasteiger partial charge in [0.15, 0.2) is 0 Å². The Morgan fingerprint density at radius 3 is 2.55 bits per heavy atom. The minimum absolute atomic E-state index is 0.0475. The first-order chi connectivity index (χ1) is 10.5. The number of hydrogen-bond donors (Lipinski definition) is 2. The second-order valence-corrected chi connectivity index (χ2v) is 6.52. The number of nitrogens with one attached hydrogen (secondary N) is 1. The molecule has 5 heteroatoms. The van der Waals surface area contributed by atoms with Crippen LogP contribution in [0.15, 0.2) is 30.3 Å². The Morgan fingerprint density at radius 1 is 1.27 bits per heavy atom. The Bertz CT molecular complexity index is 567. The van der Waals surface area contributed by atoms with E-state index < -0.39 is 11.6 Å². The Balaban J connectivity index is 1.72. The van der Waals surface area contributed by atoms with Gasteiger partial charge in [0.2, 0.25) is 11.8 Å². The molecule has 1 aromatic carbocycles. The van der Waals surface area contributed by atoms with Crippen LogP contribution in [0.2, 0.25) is 0 Å². The van der Waals surface area contributed by atoms with E-state index in [4.69, 9.17) is 5.73 Å². The molecule has 5 nitrogen and oxygen atoms in total. The topological polar surface area (TPSA) is 75.4 Å². The van der Waals surface area contributed by atoms with Gasteiger partial charge in [-0.05, 0) is 38.3 Å². The van der Waals surface area contributed by atoms with Crippen molar-refractivity contribution in [3.8, 4) is 0 Å². The van der Waals surface area contributed by atoms with Crippen LogP contribution >= 0.6 is 0 Å². The van der Waals surface area contributed by atoms with E-state index in [-0.39, 0.29) is 17.9 Å². The van der Waals surface area contributed by atoms with E-state index in [0.29, 0.717) is 19.3 Å². The van der Waals surface area contributed by atoms with Crippen molar-refractivity contribution in [1.29, 1.82) is 0 Å². The van der Waals surface area contributed by atoms with Gasteiger partial charge in [0.05, 0.1) is 5.54 Å². The van der Waals surface area contributed by atoms with Crippen LogP contribution in [0.3, 0.4) is 0 Å². The van der Waals surface area contributed by atoms with Crippen molar-refractivity contribution >= 4 is 17.5 Å². The van der Waals surface area contributed by atoms with Gasteiger partial charge in [-0.3, -0.25) is 9.59 Å². The van der Waals surface area contributed by atoms with Crippen LogP contribution in [0.5, 0.6) is 0 Å². The fourth-order valence-electron chi connectivity index (χ4n) is 3.56. The molecule has 2 fully saturated rings. The molecule has 0 bridgehead atoms. The summed E-state index contributed by atoms with van der Waals surface area (Å²) >= 11 is 0. The SMILES string of the molecule is CC1CC(NC(=O)C2(N)CCCC2)C(=O)N1c1ccccc1. The highest BCUT2D eigenvalue weighted by molar-refractivity contribution is 6.02. The van der Waals surface area contributed by atoms with Crippen LogP contribution in [-0.2, 0) is 9.59 Å². The van der Waals surface area contributed by atoms with E-state index in [9.17, 15) is 9.59 Å². The van der Waals surface area contributed by atoms with Crippen LogP contribution in [-0.4, -0.2) is 29.4 Å². The standard InChI is InChI=1S/C17H23N3O2/c1-12-11-14(19-16(22)17(18)9-5-6-10-17)15(21)20(12)13-7-3-2-4-8-13/h2-4,7-8,12,14H,5-6,9-11,18H2,1H3,(H,19,22). The first-order valence-corrected chi connectivity index (χ1v) is 7.99. The summed E-state index contributed by atoms with van der Waals surface area (Å²) in [6.07, 6.45) is 4.00. The van der Waals surface area contributed by atoms with Crippen LogP contribution in [0.25, 0.3) is 0 Å². The highest BCUT2D eigenvalue weighted by Gasteiger charge is 2.43. The summed E-state index contributed by atoms with van der Waals surface area (Å²) in [6.45, 7) is 2.00. The summed E-state index contributed by atoms with van der Waals surface area (Å²) in [6, 6.07) is 9.18. The van der Waals surface area contributed by atoms with Crippen molar-refractivity contribution in [2.24, 2.45) is 5.73 Å². The van der Waals surface area contributed by atoms with Gasteiger partial charge in [0.1, 0.15) is 6.04 Å². The molecule has 2 aliphatic rings. The van der Waals surface area contributed by atoms with E-state index in [1.165, 1.54) is 0 Å². The van der Waals surface area contributed by atoms with E-state index >= 15 is 0 Å². The molecule has 1 aliphatic heterocycles. The lowest BCUT2D eigenvalue weighted by Gasteiger charge is -2.24. The lowest BCUT2D eigenvalue weighted by atomic mass is 9.97. The average molecular weight is 301 g/mol. The second kappa shape index (κ2) is 5.72. The lowest BCUT2D eigenvalue weighted by molar-refractivity contribution is -0.130. The number of rotatable bonds is 3. The Hall–Kier alpha value is -1.88. The number of carbonyl (C=O) groups is 2. The fourth-order valence-corrected chi connectivity index (χ4v) is 3.56. The zero-order valence-corrected chi connectivity index (χ0v) is 12.9. The molecule has 118 valence electrons. The van der Waals surface area contributed by atoms with Gasteiger partial charge >= 0.3 is 0 Å². The van der Waals surface area contributed by atoms with E-state index in [0.717, 1.165) is 18.5 Å². The summed E-state index contributed by atoms with van der Waals surface area (Å²) in [5.41, 5.74) is 6.26. The summed E-state index contributed by atoms with van der Waals surface area (Å²) in [7, 11) is 0. The molecule has 1 heterocycles. The van der Waals surface area contributed by atoms with Crippen molar-refractivity contribution in [1.82, 2.24) is 5.32 Å². The molecule has 1 saturated heterocycles. The number of benzene rings is 1. The van der Waals surface area contributed by atoms with Crippen LogP contribution in [0, 0.1) is 0 Å². The summed E-state index contributed by atoms with van der Waals surface area (Å²) < 4.78 is 0. The molecule has 0 spiro atoms. The van der Waals surface area contributed by atoms with E-state index in [1.807, 2.05) is 37.3 Å². The molecule has 1 saturated carbocycles. The quantitative estimate of drug-likeness (QED) is 0.890. The average Bonchev–Trinajstić information content (AvgIpc) is 3.06. The van der Waals surface area contributed by atoms with Crippen molar-refractivity contribution < 1.29 is 9.59 Å². The van der Waals surface area contributed by atoms with Gasteiger partial charge in [-0.2, -0.15) is 0 Å². The zero-order valence-electron chi connectivity index (χ0n) is 12.9. The molecule has 0 radical (unpaired) electrons. The van der Waals surface area contributed by atoms with Crippen LogP contribution in [0.4, 0.5) is 5.69 Å². The first-order valence-electron chi connectivity index (χ1n) is 7.99. The highest BCUT2D eigenvalue weighted by atomic mass is 16.2. The Labute approximate surface area is 130 Å². The number of anilines is 1. The van der Waals surface area contributed by atoms with E-state index in [1.54, 1.807) is 4.90 Å². The molecule has 0 aromatic heterocycles. The van der Waals surface area contributed by atoms with Gasteiger partial charge < -0.3 is 16.0 Å². The number of amides is 2. The maximum atomic E-state index is 12.6. The summed E-state index contributed by atoms with van der Waals surface area (Å²) in [4.78, 5) is 26.8. The number of carbonyl (C=O) groups excluding carboxylic acids is 2. The monoisotopic (exact) mass is 301 g/mol. The molecule has 2 atom stereocenters. The summed E-state index contributed by atoms with van der Waals surface area (Å²) in [5, 5.41) is 2.89. The van der Waals surface area contributed by atoms with Gasteiger partial charge in [-0.15, -0.1) is 0 Å². The largest absolute Gasteiger partial charge is 0.343 e. The Kier molecular flexibility index (Phi) is 3.91. The second-order valence-electron chi connectivity index (χ2n) is 6.52. The van der Waals surface area contributed by atoms with E-state index in [2.05, 4.69) is 5.32 Å². The third kappa shape index (κ3) is 2.61. The molecule has 2 unspecified atom stereocenters. The Morgan fingerprint density at radius 2 is 1.91 bits per heavy atom. The fraction of sp³-hybridized carbons (Fsp3) is 0.529. The normalized spacial score (nSPS) is 27.2. The number of para-hydroxylation sites is 1. The van der Waals surface area contributed by atoms with Crippen molar-refractivity contribution in [3.05, 3.63) is 30.3 Å². The van der Waals surface area contributed by atoms with Gasteiger partial charge in [0, 0.05) is 11.7 Å². The van der Waals surface area contributed by atoms with Gasteiger partial charge in [-0.1, -0.05) is 31.0 Å². The molecule has 3 N–H and O–H groups in total. The van der Waals surface area contributed by atoms with Gasteiger partial charge in [0.25, 0.3) is 0 Å². The third-order valence-electron chi connectivity index (χ3n) is 4.84. The molecule has 3 rings (SSSR count). The third-order valence-corrected chi connectivity index (χ3v) is 4.84. The maximum Gasteiger partial charge on any atom is 0.249 e. The van der Waals surface area contributed by atoms with Gasteiger partial charge in [-0.25, -0.2) is 0 Å². The number of hydrogen-bond acceptors (Lipinski definition) is 3. The predicted octanol–water partition coefficient (Wildman–Crippen LogP) is 1.57. The maximum absolute atomic E-state index is 12.6. The van der Waals surface area contributed by atoms with Crippen molar-refractivity contribution in [2.45, 2.75) is 56.7 Å². The number of nitrogens with two attached hydrogens (primary N) is 1. The summed E-state index contributed by atoms with van der Waals surface area (Å²) in [5.74, 6) is -0.223. The van der Waals surface area contributed by atoms with Crippen LogP contribution in [0.1, 0.15) is 39.0 Å². The smallest absolute Gasteiger partial charge is 0.249 e. The lowest BCUT2D eigenvalue weighted by Crippen LogP contribution is -2.55.